The molecule has 1 aromatic rings. The number of thiazole rings is 1. The Morgan fingerprint density at radius 1 is 1.07 bits per heavy atom. The minimum atomic E-state index is -1.08. The molecule has 1 aliphatic carbocycles. The van der Waals surface area contributed by atoms with E-state index in [1.54, 1.807) is 15.6 Å². The summed E-state index contributed by atoms with van der Waals surface area (Å²) in [5.41, 5.74) is -0.219. The number of aromatic nitrogens is 1. The van der Waals surface area contributed by atoms with Crippen LogP contribution in [0.5, 0.6) is 0 Å². The van der Waals surface area contributed by atoms with Gasteiger partial charge in [0, 0.05) is 83.1 Å². The molecule has 5 rings (SSSR count). The lowest BCUT2D eigenvalue weighted by atomic mass is 9.85. The van der Waals surface area contributed by atoms with Crippen molar-refractivity contribution >= 4 is 33.7 Å². The van der Waals surface area contributed by atoms with Gasteiger partial charge in [-0.1, -0.05) is 6.92 Å². The molecule has 0 bridgehead atoms. The van der Waals surface area contributed by atoms with E-state index in [0.29, 0.717) is 5.13 Å². The van der Waals surface area contributed by atoms with Gasteiger partial charge in [-0.2, -0.15) is 0 Å². The van der Waals surface area contributed by atoms with Crippen LogP contribution in [-0.2, 0) is 27.2 Å². The molecule has 0 aromatic carbocycles. The van der Waals surface area contributed by atoms with E-state index in [4.69, 9.17) is 9.47 Å². The first-order valence-corrected chi connectivity index (χ1v) is 17.5. The van der Waals surface area contributed by atoms with Crippen LogP contribution in [0.15, 0.2) is 6.20 Å². The second-order valence-corrected chi connectivity index (χ2v) is 16.3. The van der Waals surface area contributed by atoms with E-state index in [1.165, 1.54) is 12.8 Å². The van der Waals surface area contributed by atoms with Gasteiger partial charge in [-0.05, 0) is 65.2 Å². The molecule has 238 valence electrons. The van der Waals surface area contributed by atoms with Gasteiger partial charge < -0.3 is 14.4 Å². The predicted molar refractivity (Wildman–Crippen MR) is 167 cm³/mol. The number of nitrogens with one attached hydrogen (secondary N) is 1. The summed E-state index contributed by atoms with van der Waals surface area (Å²) in [5, 5.41) is 3.85. The number of ether oxygens (including phenoxy) is 2. The summed E-state index contributed by atoms with van der Waals surface area (Å²) < 4.78 is 28.0. The van der Waals surface area contributed by atoms with Crippen molar-refractivity contribution in [3.05, 3.63) is 11.1 Å². The highest BCUT2D eigenvalue weighted by Gasteiger charge is 2.48. The Hall–Kier alpha value is -1.19. The molecule has 1 aromatic heterocycles. The lowest BCUT2D eigenvalue weighted by Crippen LogP contribution is -2.54. The first-order chi connectivity index (χ1) is 20.0. The molecular weight excluding hydrogens is 574 g/mol. The smallest absolute Gasteiger partial charge is 0.324 e. The summed E-state index contributed by atoms with van der Waals surface area (Å²) >= 11 is 0.486. The third-order valence-corrected chi connectivity index (χ3v) is 11.1. The quantitative estimate of drug-likeness (QED) is 0.418. The normalized spacial score (nSPS) is 29.5. The Labute approximate surface area is 258 Å². The molecule has 1 saturated carbocycles. The van der Waals surface area contributed by atoms with Crippen molar-refractivity contribution in [1.82, 2.24) is 28.3 Å². The maximum atomic E-state index is 13.9. The number of likely N-dealkylation sites (tertiary alicyclic amines) is 1. The minimum absolute atomic E-state index is 0.00898. The molecule has 2 amide bonds. The van der Waals surface area contributed by atoms with Crippen molar-refractivity contribution in [2.24, 2.45) is 5.92 Å². The lowest BCUT2D eigenvalue weighted by molar-refractivity contribution is -0.0580. The van der Waals surface area contributed by atoms with Crippen LogP contribution in [0, 0.1) is 5.92 Å². The Balaban J connectivity index is 1.15. The van der Waals surface area contributed by atoms with Gasteiger partial charge in [0.05, 0.1) is 5.60 Å². The molecule has 0 spiro atoms. The summed E-state index contributed by atoms with van der Waals surface area (Å²) in [6.45, 7) is 14.4. The minimum Gasteiger partial charge on any atom is -0.343 e. The second-order valence-electron chi connectivity index (χ2n) is 13.5. The van der Waals surface area contributed by atoms with Crippen LogP contribution in [0.2, 0.25) is 0 Å². The highest BCUT2D eigenvalue weighted by Crippen LogP contribution is 2.36. The summed E-state index contributed by atoms with van der Waals surface area (Å²) in [5.74, 6) is 0.728. The number of urea groups is 1. The van der Waals surface area contributed by atoms with Gasteiger partial charge in [0.15, 0.2) is 28.8 Å². The zero-order valence-corrected chi connectivity index (χ0v) is 27.9. The Bertz CT molecular complexity index is 1060. The van der Waals surface area contributed by atoms with Gasteiger partial charge in [-0.3, -0.25) is 15.1 Å². The number of hydrogen-bond donors (Lipinski definition) is 1. The van der Waals surface area contributed by atoms with E-state index in [2.05, 4.69) is 52.7 Å². The average molecular weight is 626 g/mol. The number of nitrogens with zero attached hydrogens (tertiary/aromatic N) is 6. The first kappa shape index (κ1) is 32.2. The number of carbonyl (C=O) groups excluding carboxylic acids is 1. The first-order valence-electron chi connectivity index (χ1n) is 15.6. The van der Waals surface area contributed by atoms with E-state index in [1.807, 2.05) is 24.6 Å². The number of anilines is 1. The molecule has 3 atom stereocenters. The number of epoxide rings is 1. The fourth-order valence-electron chi connectivity index (χ4n) is 6.44. The van der Waals surface area contributed by atoms with Crippen molar-refractivity contribution in [2.45, 2.75) is 103 Å². The fraction of sp³-hybridized carbons (Fsp3) is 0.862. The van der Waals surface area contributed by atoms with Crippen molar-refractivity contribution in [1.29, 1.82) is 0 Å². The van der Waals surface area contributed by atoms with Crippen LogP contribution < -0.4 is 5.32 Å². The van der Waals surface area contributed by atoms with E-state index in [-0.39, 0.29) is 36.2 Å². The molecule has 3 saturated heterocycles. The summed E-state index contributed by atoms with van der Waals surface area (Å²) in [6, 6.07) is 0.476. The monoisotopic (exact) mass is 625 g/mol. The number of carbonyl (C=O) groups is 1. The largest absolute Gasteiger partial charge is 0.343 e. The van der Waals surface area contributed by atoms with Gasteiger partial charge in [0.2, 0.25) is 0 Å². The number of piperazine rings is 1. The van der Waals surface area contributed by atoms with Crippen LogP contribution in [-0.4, -0.2) is 122 Å². The van der Waals surface area contributed by atoms with Crippen LogP contribution in [0.25, 0.3) is 0 Å². The van der Waals surface area contributed by atoms with Crippen LogP contribution in [0.1, 0.15) is 71.1 Å². The molecule has 13 heteroatoms. The highest BCUT2D eigenvalue weighted by molar-refractivity contribution is 7.80. The molecule has 11 nitrogen and oxygen atoms in total. The molecule has 3 aliphatic heterocycles. The topological polar surface area (TPSA) is 97.0 Å². The highest BCUT2D eigenvalue weighted by atomic mass is 32.2. The molecular formula is C29H51N7O4S2. The summed E-state index contributed by atoms with van der Waals surface area (Å²) in [6.07, 6.45) is 8.13. The molecule has 3 unspecified atom stereocenters. The molecule has 4 heterocycles. The van der Waals surface area contributed by atoms with Crippen LogP contribution in [0.3, 0.4) is 0 Å². The summed E-state index contributed by atoms with van der Waals surface area (Å²) in [7, 11) is 3.69. The van der Waals surface area contributed by atoms with E-state index >= 15 is 0 Å². The van der Waals surface area contributed by atoms with Gasteiger partial charge >= 0.3 is 6.03 Å². The maximum absolute atomic E-state index is 13.9. The molecule has 4 fully saturated rings. The number of piperidine rings is 1. The molecule has 4 aliphatic rings. The van der Waals surface area contributed by atoms with Crippen molar-refractivity contribution in [3.8, 4) is 0 Å². The zero-order chi connectivity index (χ0) is 30.0. The fourth-order valence-corrected chi connectivity index (χ4v) is 8.23. The van der Waals surface area contributed by atoms with Gasteiger partial charge in [0.1, 0.15) is 0 Å². The molecule has 42 heavy (non-hydrogen) atoms. The van der Waals surface area contributed by atoms with Crippen LogP contribution >= 0.6 is 11.3 Å². The van der Waals surface area contributed by atoms with Crippen molar-refractivity contribution in [2.75, 3.05) is 58.7 Å². The molecule has 0 radical (unpaired) electrons. The second kappa shape index (κ2) is 13.8. The van der Waals surface area contributed by atoms with E-state index < -0.39 is 11.2 Å². The summed E-state index contributed by atoms with van der Waals surface area (Å²) in [4.78, 5) is 26.5. The SMILES string of the molecule is CC1CCC(N(C(=O)Nc2ncc(CN3CCN(S(=O)N(C)C)CC3)s2)C2CCN(C3OC3OC(C)(C)C)CC2)CC1. The Morgan fingerprint density at radius 2 is 1.71 bits per heavy atom. The van der Waals surface area contributed by atoms with E-state index in [9.17, 15) is 9.00 Å². The third kappa shape index (κ3) is 8.50. The Kier molecular flexibility index (Phi) is 10.6. The van der Waals surface area contributed by atoms with Gasteiger partial charge in [-0.15, -0.1) is 11.3 Å². The standard InChI is InChI=1S/C29H51N7O4S2/c1-21-7-9-22(10-8-21)36(23-11-13-34(14-12-23)25-26(39-25)40-29(2,3)4)28(37)31-27-30-19-24(41-27)20-33-15-17-35(18-16-33)42(38)32(5)6/h19,21-23,25-26H,7-18,20H2,1-6H3,(H,30,31,37). The maximum Gasteiger partial charge on any atom is 0.324 e. The number of hydrogen-bond acceptors (Lipinski definition) is 8. The van der Waals surface area contributed by atoms with Crippen molar-refractivity contribution in [3.63, 3.8) is 0 Å². The zero-order valence-electron chi connectivity index (χ0n) is 26.3. The molecule has 1 N–H and O–H groups in total. The van der Waals surface area contributed by atoms with E-state index in [0.717, 1.165) is 82.3 Å². The Morgan fingerprint density at radius 3 is 2.33 bits per heavy atom. The third-order valence-electron chi connectivity index (χ3n) is 8.78. The lowest BCUT2D eigenvalue weighted by Gasteiger charge is -2.44. The number of amides is 2. The average Bonchev–Trinajstić information content (AvgIpc) is 3.55. The van der Waals surface area contributed by atoms with Crippen LogP contribution in [0.4, 0.5) is 9.93 Å². The predicted octanol–water partition coefficient (Wildman–Crippen LogP) is 3.78. The number of rotatable bonds is 9. The van der Waals surface area contributed by atoms with Crippen molar-refractivity contribution < 1.29 is 18.5 Å². The van der Waals surface area contributed by atoms with Gasteiger partial charge in [-0.25, -0.2) is 22.6 Å². The van der Waals surface area contributed by atoms with Gasteiger partial charge in [0.25, 0.3) is 0 Å².